The van der Waals surface area contributed by atoms with Crippen molar-refractivity contribution in [3.05, 3.63) is 40.0 Å². The number of aromatic nitrogens is 3. The molecule has 0 radical (unpaired) electrons. The first-order chi connectivity index (χ1) is 12.9. The number of hydrogen-bond acceptors (Lipinski definition) is 5. The van der Waals surface area contributed by atoms with Crippen LogP contribution in [0, 0.1) is 13.8 Å². The van der Waals surface area contributed by atoms with Gasteiger partial charge in [0.2, 0.25) is 0 Å². The highest BCUT2D eigenvalue weighted by molar-refractivity contribution is 5.94. The molecule has 3 rings (SSSR count). The van der Waals surface area contributed by atoms with Crippen molar-refractivity contribution in [3.8, 4) is 5.75 Å². The van der Waals surface area contributed by atoms with Gasteiger partial charge in [-0.1, -0.05) is 0 Å². The van der Waals surface area contributed by atoms with Gasteiger partial charge in [0, 0.05) is 35.9 Å². The summed E-state index contributed by atoms with van der Waals surface area (Å²) in [4.78, 5) is 17.5. The third-order valence-electron chi connectivity index (χ3n) is 5.08. The summed E-state index contributed by atoms with van der Waals surface area (Å²) in [5.41, 5.74) is 5.21. The minimum atomic E-state index is -0.132. The van der Waals surface area contributed by atoms with Gasteiger partial charge < -0.3 is 14.8 Å². The van der Waals surface area contributed by atoms with Gasteiger partial charge in [0.05, 0.1) is 37.3 Å². The van der Waals surface area contributed by atoms with Gasteiger partial charge in [0.15, 0.2) is 0 Å². The number of carbonyl (C=O) groups excluding carboxylic acids is 1. The molecule has 0 spiro atoms. The van der Waals surface area contributed by atoms with Crippen LogP contribution in [-0.2, 0) is 24.2 Å². The van der Waals surface area contributed by atoms with E-state index in [2.05, 4.69) is 15.4 Å². The highest BCUT2D eigenvalue weighted by Gasteiger charge is 2.31. The van der Waals surface area contributed by atoms with Crippen LogP contribution in [0.4, 0.5) is 0 Å². The number of nitrogens with zero attached hydrogens (tertiary/aromatic N) is 3. The number of hydrogen-bond donors (Lipinski definition) is 1. The van der Waals surface area contributed by atoms with Crippen molar-refractivity contribution in [2.75, 3.05) is 7.11 Å². The molecule has 0 fully saturated rings. The van der Waals surface area contributed by atoms with E-state index in [-0.39, 0.29) is 18.1 Å². The topological polar surface area (TPSA) is 78.3 Å². The molecule has 7 heteroatoms. The number of aryl methyl sites for hydroxylation is 2. The third kappa shape index (κ3) is 3.56. The van der Waals surface area contributed by atoms with Crippen molar-refractivity contribution in [1.82, 2.24) is 20.1 Å². The van der Waals surface area contributed by atoms with Crippen LogP contribution in [0.2, 0.25) is 0 Å². The number of rotatable bonds is 5. The van der Waals surface area contributed by atoms with E-state index >= 15 is 0 Å². The number of fused-ring (bicyclic) bond motifs is 1. The average Bonchev–Trinajstić information content (AvgIpc) is 3.00. The molecular weight excluding hydrogens is 344 g/mol. The van der Waals surface area contributed by atoms with Crippen LogP contribution in [0.15, 0.2) is 6.20 Å². The second-order valence-electron chi connectivity index (χ2n) is 7.05. The molecule has 2 aromatic rings. The predicted octanol–water partition coefficient (Wildman–Crippen LogP) is 2.88. The Labute approximate surface area is 160 Å². The van der Waals surface area contributed by atoms with Crippen molar-refractivity contribution in [1.29, 1.82) is 0 Å². The van der Waals surface area contributed by atoms with E-state index in [1.165, 1.54) is 0 Å². The zero-order valence-corrected chi connectivity index (χ0v) is 16.9. The Hall–Kier alpha value is -2.41. The molecule has 2 atom stereocenters. The largest absolute Gasteiger partial charge is 0.496 e. The molecule has 27 heavy (non-hydrogen) atoms. The maximum absolute atomic E-state index is 13.0. The molecule has 0 bridgehead atoms. The van der Waals surface area contributed by atoms with Gasteiger partial charge >= 0.3 is 0 Å². The van der Waals surface area contributed by atoms with E-state index in [1.807, 2.05) is 34.6 Å². The highest BCUT2D eigenvalue weighted by atomic mass is 16.5. The van der Waals surface area contributed by atoms with E-state index in [0.717, 1.165) is 33.8 Å². The first kappa shape index (κ1) is 19.4. The highest BCUT2D eigenvalue weighted by Crippen LogP contribution is 2.31. The van der Waals surface area contributed by atoms with E-state index < -0.39 is 0 Å². The predicted molar refractivity (Wildman–Crippen MR) is 102 cm³/mol. The Kier molecular flexibility index (Phi) is 5.51. The quantitative estimate of drug-likeness (QED) is 0.873. The van der Waals surface area contributed by atoms with Gasteiger partial charge in [0.1, 0.15) is 11.4 Å². The fourth-order valence-corrected chi connectivity index (χ4v) is 3.77. The van der Waals surface area contributed by atoms with Gasteiger partial charge in [-0.15, -0.1) is 0 Å². The number of methoxy groups -OCH3 is 1. The van der Waals surface area contributed by atoms with Crippen molar-refractivity contribution in [3.63, 3.8) is 0 Å². The summed E-state index contributed by atoms with van der Waals surface area (Å²) in [5, 5.41) is 7.62. The average molecular weight is 372 g/mol. The van der Waals surface area contributed by atoms with Crippen molar-refractivity contribution < 1.29 is 14.3 Å². The fourth-order valence-electron chi connectivity index (χ4n) is 3.77. The first-order valence-corrected chi connectivity index (χ1v) is 9.39. The number of ether oxygens (including phenoxy) is 2. The van der Waals surface area contributed by atoms with Gasteiger partial charge in [0.25, 0.3) is 5.91 Å². The Morgan fingerprint density at radius 1 is 1.41 bits per heavy atom. The standard InChI is InChI=1S/C20H28N4O3/c1-7-24-18(15-8-12(3)27-14(5)17(15)23-24)20(25)22-10-16-13(4)19(26-6)11(2)9-21-16/h9,12,14H,7-8,10H2,1-6H3,(H,22,25)/t12-,14+/m0/s1. The normalized spacial score (nSPS) is 18.9. The zero-order valence-electron chi connectivity index (χ0n) is 16.9. The minimum Gasteiger partial charge on any atom is -0.496 e. The Morgan fingerprint density at radius 2 is 2.15 bits per heavy atom. The Morgan fingerprint density at radius 3 is 2.81 bits per heavy atom. The molecule has 0 aliphatic carbocycles. The molecule has 1 amide bonds. The smallest absolute Gasteiger partial charge is 0.270 e. The fraction of sp³-hybridized carbons (Fsp3) is 0.550. The monoisotopic (exact) mass is 372 g/mol. The molecule has 1 N–H and O–H groups in total. The molecular formula is C20H28N4O3. The number of nitrogens with one attached hydrogen (secondary N) is 1. The van der Waals surface area contributed by atoms with Gasteiger partial charge in [-0.05, 0) is 34.6 Å². The van der Waals surface area contributed by atoms with Gasteiger partial charge in [-0.3, -0.25) is 14.5 Å². The second-order valence-corrected chi connectivity index (χ2v) is 7.05. The van der Waals surface area contributed by atoms with Crippen LogP contribution >= 0.6 is 0 Å². The molecule has 7 nitrogen and oxygen atoms in total. The van der Waals surface area contributed by atoms with Crippen molar-refractivity contribution in [2.24, 2.45) is 0 Å². The second kappa shape index (κ2) is 7.68. The lowest BCUT2D eigenvalue weighted by molar-refractivity contribution is -0.00712. The van der Waals surface area contributed by atoms with Gasteiger partial charge in [-0.2, -0.15) is 5.10 Å². The Bertz CT molecular complexity index is 859. The number of amides is 1. The lowest BCUT2D eigenvalue weighted by atomic mass is 9.99. The molecule has 0 unspecified atom stereocenters. The van der Waals surface area contributed by atoms with Crippen molar-refractivity contribution >= 4 is 5.91 Å². The van der Waals surface area contributed by atoms with E-state index in [0.29, 0.717) is 25.2 Å². The Balaban J connectivity index is 1.86. The molecule has 0 saturated heterocycles. The molecule has 1 aliphatic heterocycles. The minimum absolute atomic E-state index is 0.0684. The lowest BCUT2D eigenvalue weighted by Gasteiger charge is -2.24. The van der Waals surface area contributed by atoms with Crippen LogP contribution in [0.25, 0.3) is 0 Å². The molecule has 3 heterocycles. The molecule has 1 aliphatic rings. The van der Waals surface area contributed by atoms with E-state index in [1.54, 1.807) is 18.0 Å². The summed E-state index contributed by atoms with van der Waals surface area (Å²) in [7, 11) is 1.65. The summed E-state index contributed by atoms with van der Waals surface area (Å²) in [6.07, 6.45) is 2.43. The summed E-state index contributed by atoms with van der Waals surface area (Å²) < 4.78 is 13.1. The van der Waals surface area contributed by atoms with Gasteiger partial charge in [-0.25, -0.2) is 0 Å². The first-order valence-electron chi connectivity index (χ1n) is 9.39. The van der Waals surface area contributed by atoms with Crippen LogP contribution in [0.3, 0.4) is 0 Å². The molecule has 0 saturated carbocycles. The molecule has 0 aromatic carbocycles. The summed E-state index contributed by atoms with van der Waals surface area (Å²) in [5.74, 6) is 0.678. The maximum Gasteiger partial charge on any atom is 0.270 e. The summed E-state index contributed by atoms with van der Waals surface area (Å²) >= 11 is 0. The van der Waals surface area contributed by atoms with Crippen LogP contribution in [-0.4, -0.2) is 33.9 Å². The maximum atomic E-state index is 13.0. The molecule has 2 aromatic heterocycles. The van der Waals surface area contributed by atoms with E-state index in [9.17, 15) is 4.79 Å². The van der Waals surface area contributed by atoms with E-state index in [4.69, 9.17) is 9.47 Å². The third-order valence-corrected chi connectivity index (χ3v) is 5.08. The molecule has 146 valence electrons. The summed E-state index contributed by atoms with van der Waals surface area (Å²) in [6, 6.07) is 0. The SMILES string of the molecule is CCn1nc2c(c1C(=O)NCc1ncc(C)c(OC)c1C)C[C@H](C)O[C@@H]2C. The van der Waals surface area contributed by atoms with Crippen molar-refractivity contribution in [2.45, 2.75) is 66.3 Å². The number of pyridine rings is 1. The zero-order chi connectivity index (χ0) is 19.7. The van der Waals surface area contributed by atoms with Crippen LogP contribution in [0.1, 0.15) is 65.4 Å². The van der Waals surface area contributed by atoms with Crippen LogP contribution < -0.4 is 10.1 Å². The lowest BCUT2D eigenvalue weighted by Crippen LogP contribution is -2.29. The number of carbonyl (C=O) groups is 1. The summed E-state index contributed by atoms with van der Waals surface area (Å²) in [6.45, 7) is 10.9. The van der Waals surface area contributed by atoms with Crippen LogP contribution in [0.5, 0.6) is 5.75 Å².